The summed E-state index contributed by atoms with van der Waals surface area (Å²) in [5, 5.41) is 6.78. The lowest BCUT2D eigenvalue weighted by Gasteiger charge is -2.16. The van der Waals surface area contributed by atoms with Gasteiger partial charge in [0.2, 0.25) is 0 Å². The van der Waals surface area contributed by atoms with Gasteiger partial charge in [0.25, 0.3) is 5.91 Å². The van der Waals surface area contributed by atoms with E-state index in [0.717, 1.165) is 30.6 Å². The van der Waals surface area contributed by atoms with Crippen molar-refractivity contribution in [1.29, 1.82) is 0 Å². The molecule has 2 aromatic rings. The number of aromatic nitrogens is 1. The molecule has 1 aromatic carbocycles. The zero-order valence-electron chi connectivity index (χ0n) is 12.4. The van der Waals surface area contributed by atoms with Crippen molar-refractivity contribution in [2.75, 3.05) is 0 Å². The number of amides is 1. The number of carbonyl (C=O) groups excluding carboxylic acids is 1. The monoisotopic (exact) mass is 321 g/mol. The maximum absolute atomic E-state index is 12.2. The second kappa shape index (κ2) is 6.94. The highest BCUT2D eigenvalue weighted by Gasteiger charge is 2.31. The average molecular weight is 322 g/mol. The Morgan fingerprint density at radius 3 is 2.95 bits per heavy atom. The number of carbonyl (C=O) groups is 1. The van der Waals surface area contributed by atoms with E-state index < -0.39 is 0 Å². The van der Waals surface area contributed by atoms with Crippen LogP contribution in [-0.2, 0) is 12.8 Å². The lowest BCUT2D eigenvalue weighted by atomic mass is 10.1. The summed E-state index contributed by atoms with van der Waals surface area (Å²) in [5.41, 5.74) is 8.83. The number of nitrogens with zero attached hydrogens (tertiary/aromatic N) is 1. The zero-order chi connectivity index (χ0) is 14.8. The van der Waals surface area contributed by atoms with Gasteiger partial charge >= 0.3 is 0 Å². The third-order valence-electron chi connectivity index (χ3n) is 3.89. The molecule has 0 spiro atoms. The van der Waals surface area contributed by atoms with Crippen LogP contribution < -0.4 is 11.1 Å². The fourth-order valence-electron chi connectivity index (χ4n) is 2.79. The fraction of sp³-hybridized carbons (Fsp3) is 0.375. The van der Waals surface area contributed by atoms with E-state index in [1.165, 1.54) is 5.56 Å². The molecule has 1 aliphatic rings. The van der Waals surface area contributed by atoms with Gasteiger partial charge in [-0.2, -0.15) is 0 Å². The molecular weight excluding hydrogens is 302 g/mol. The number of nitrogens with one attached hydrogen (secondary N) is 1. The standard InChI is InChI=1S/C16H19N3O2.ClH/c1-2-5-11-9-14(19-21-11)16(20)18-13-8-10-6-3-4-7-12(10)15(13)17;/h3-4,6-7,9,13,15H,2,5,8,17H2,1H3,(H,18,20);1H/t13-,15-;/m0./s1. The van der Waals surface area contributed by atoms with Crippen LogP contribution in [0.3, 0.4) is 0 Å². The van der Waals surface area contributed by atoms with Crippen LogP contribution in [0.15, 0.2) is 34.9 Å². The molecule has 0 radical (unpaired) electrons. The third-order valence-corrected chi connectivity index (χ3v) is 3.89. The van der Waals surface area contributed by atoms with Crippen molar-refractivity contribution in [2.24, 2.45) is 5.73 Å². The topological polar surface area (TPSA) is 81.2 Å². The van der Waals surface area contributed by atoms with Crippen LogP contribution in [0.2, 0.25) is 0 Å². The minimum Gasteiger partial charge on any atom is -0.361 e. The van der Waals surface area contributed by atoms with Crippen molar-refractivity contribution in [1.82, 2.24) is 10.5 Å². The first kappa shape index (κ1) is 16.5. The molecule has 118 valence electrons. The Morgan fingerprint density at radius 2 is 2.23 bits per heavy atom. The van der Waals surface area contributed by atoms with Gasteiger partial charge in [0.05, 0.1) is 12.1 Å². The Labute approximate surface area is 135 Å². The van der Waals surface area contributed by atoms with Crippen molar-refractivity contribution in [2.45, 2.75) is 38.3 Å². The van der Waals surface area contributed by atoms with Gasteiger partial charge in [0.15, 0.2) is 5.69 Å². The predicted octanol–water partition coefficient (Wildman–Crippen LogP) is 2.40. The summed E-state index contributed by atoms with van der Waals surface area (Å²) in [7, 11) is 0. The normalized spacial score (nSPS) is 19.4. The number of benzene rings is 1. The average Bonchev–Trinajstić information content (AvgIpc) is 3.06. The second-order valence-corrected chi connectivity index (χ2v) is 5.44. The molecule has 0 bridgehead atoms. The van der Waals surface area contributed by atoms with Crippen molar-refractivity contribution in [3.8, 4) is 0 Å². The molecule has 1 aromatic heterocycles. The van der Waals surface area contributed by atoms with Gasteiger partial charge < -0.3 is 15.6 Å². The summed E-state index contributed by atoms with van der Waals surface area (Å²) in [6.07, 6.45) is 2.50. The van der Waals surface area contributed by atoms with E-state index in [9.17, 15) is 4.79 Å². The summed E-state index contributed by atoms with van der Waals surface area (Å²) >= 11 is 0. The largest absolute Gasteiger partial charge is 0.361 e. The summed E-state index contributed by atoms with van der Waals surface area (Å²) in [6.45, 7) is 2.05. The number of nitrogens with two attached hydrogens (primary N) is 1. The molecule has 0 unspecified atom stereocenters. The Kier molecular flexibility index (Phi) is 5.21. The first-order chi connectivity index (χ1) is 10.2. The maximum Gasteiger partial charge on any atom is 0.273 e. The van der Waals surface area contributed by atoms with E-state index in [1.807, 2.05) is 18.2 Å². The Bertz CT molecular complexity index is 656. The number of hydrogen-bond acceptors (Lipinski definition) is 4. The molecule has 1 aliphatic carbocycles. The van der Waals surface area contributed by atoms with Gasteiger partial charge in [-0.1, -0.05) is 36.3 Å². The Morgan fingerprint density at radius 1 is 1.45 bits per heavy atom. The fourth-order valence-corrected chi connectivity index (χ4v) is 2.79. The lowest BCUT2D eigenvalue weighted by Crippen LogP contribution is -2.40. The molecule has 1 heterocycles. The summed E-state index contributed by atoms with van der Waals surface area (Å²) in [4.78, 5) is 12.2. The van der Waals surface area contributed by atoms with E-state index in [2.05, 4.69) is 23.5 Å². The van der Waals surface area contributed by atoms with E-state index in [-0.39, 0.29) is 30.4 Å². The molecule has 3 N–H and O–H groups in total. The number of rotatable bonds is 4. The molecule has 2 atom stereocenters. The molecule has 1 amide bonds. The van der Waals surface area contributed by atoms with Gasteiger partial charge in [-0.3, -0.25) is 4.79 Å². The van der Waals surface area contributed by atoms with Gasteiger partial charge in [-0.15, -0.1) is 12.4 Å². The molecule has 0 saturated carbocycles. The van der Waals surface area contributed by atoms with Crippen LogP contribution in [0, 0.1) is 0 Å². The first-order valence-corrected chi connectivity index (χ1v) is 7.29. The number of aryl methyl sites for hydroxylation is 1. The van der Waals surface area contributed by atoms with Crippen LogP contribution in [0.25, 0.3) is 0 Å². The minimum atomic E-state index is -0.227. The molecular formula is C16H20ClN3O2. The van der Waals surface area contributed by atoms with Crippen LogP contribution in [0.4, 0.5) is 0 Å². The van der Waals surface area contributed by atoms with Crippen LogP contribution in [0.1, 0.15) is 46.8 Å². The van der Waals surface area contributed by atoms with Gasteiger partial charge in [0.1, 0.15) is 5.76 Å². The lowest BCUT2D eigenvalue weighted by molar-refractivity contribution is 0.0924. The van der Waals surface area contributed by atoms with Crippen molar-refractivity contribution >= 4 is 18.3 Å². The van der Waals surface area contributed by atoms with Crippen LogP contribution in [-0.4, -0.2) is 17.1 Å². The van der Waals surface area contributed by atoms with Crippen LogP contribution >= 0.6 is 12.4 Å². The Balaban J connectivity index is 0.00000176. The summed E-state index contributed by atoms with van der Waals surface area (Å²) in [6, 6.07) is 9.46. The van der Waals surface area contributed by atoms with Gasteiger partial charge in [-0.05, 0) is 24.0 Å². The molecule has 0 saturated heterocycles. The third kappa shape index (κ3) is 3.15. The first-order valence-electron chi connectivity index (χ1n) is 7.29. The SMILES string of the molecule is CCCc1cc(C(=O)N[C@H]2Cc3ccccc3[C@@H]2N)no1.Cl. The van der Waals surface area contributed by atoms with Gasteiger partial charge in [0, 0.05) is 12.5 Å². The molecule has 5 nitrogen and oxygen atoms in total. The minimum absolute atomic E-state index is 0. The van der Waals surface area contributed by atoms with Crippen molar-refractivity contribution in [3.63, 3.8) is 0 Å². The highest BCUT2D eigenvalue weighted by Crippen LogP contribution is 2.29. The van der Waals surface area contributed by atoms with Gasteiger partial charge in [-0.25, -0.2) is 0 Å². The quantitative estimate of drug-likeness (QED) is 0.906. The molecule has 6 heteroatoms. The summed E-state index contributed by atoms with van der Waals surface area (Å²) in [5.74, 6) is 0.510. The second-order valence-electron chi connectivity index (χ2n) is 5.44. The van der Waals surface area contributed by atoms with Crippen molar-refractivity contribution in [3.05, 3.63) is 52.9 Å². The number of fused-ring (bicyclic) bond motifs is 1. The Hall–Kier alpha value is -1.85. The van der Waals surface area contributed by atoms with Crippen LogP contribution in [0.5, 0.6) is 0 Å². The van der Waals surface area contributed by atoms with E-state index in [0.29, 0.717) is 5.69 Å². The predicted molar refractivity (Wildman–Crippen MR) is 86.1 cm³/mol. The smallest absolute Gasteiger partial charge is 0.273 e. The molecule has 3 rings (SSSR count). The van der Waals surface area contributed by atoms with E-state index >= 15 is 0 Å². The summed E-state index contributed by atoms with van der Waals surface area (Å²) < 4.78 is 5.14. The number of halogens is 1. The molecule has 22 heavy (non-hydrogen) atoms. The highest BCUT2D eigenvalue weighted by molar-refractivity contribution is 5.92. The highest BCUT2D eigenvalue weighted by atomic mass is 35.5. The molecule has 0 fully saturated rings. The molecule has 0 aliphatic heterocycles. The van der Waals surface area contributed by atoms with E-state index in [4.69, 9.17) is 10.3 Å². The van der Waals surface area contributed by atoms with Crippen molar-refractivity contribution < 1.29 is 9.32 Å². The maximum atomic E-state index is 12.2. The number of hydrogen-bond donors (Lipinski definition) is 2. The zero-order valence-corrected chi connectivity index (χ0v) is 13.2. The van der Waals surface area contributed by atoms with E-state index in [1.54, 1.807) is 6.07 Å².